The smallest absolute Gasteiger partial charge is 0.314 e. The molecule has 0 amide bonds. The molecule has 2 aromatic heterocycles. The minimum absolute atomic E-state index is 0.00204. The summed E-state index contributed by atoms with van der Waals surface area (Å²) in [5.41, 5.74) is -2.62. The number of aromatic amines is 1. The van der Waals surface area contributed by atoms with Crippen LogP contribution in [0, 0.1) is 17.1 Å². The van der Waals surface area contributed by atoms with Crippen LogP contribution < -0.4 is 20.6 Å². The molecule has 0 atom stereocenters. The van der Waals surface area contributed by atoms with Crippen molar-refractivity contribution in [2.24, 2.45) is 0 Å². The molecule has 0 radical (unpaired) electrons. The molecule has 2 heterocycles. The van der Waals surface area contributed by atoms with E-state index in [2.05, 4.69) is 21.5 Å². The molecule has 0 aliphatic rings. The zero-order valence-electron chi connectivity index (χ0n) is 20.8. The van der Waals surface area contributed by atoms with Crippen molar-refractivity contribution >= 4 is 11.6 Å². The number of alkyl halides is 2. The number of nitrogens with zero attached hydrogens (tertiary/aromatic N) is 4. The number of aromatic nitrogens is 4. The Morgan fingerprint density at radius 1 is 1.20 bits per heavy atom. The Labute approximate surface area is 229 Å². The molecule has 40 heavy (non-hydrogen) atoms. The van der Waals surface area contributed by atoms with Crippen molar-refractivity contribution in [1.29, 1.82) is 5.26 Å². The Morgan fingerprint density at radius 2 is 1.93 bits per heavy atom. The highest BCUT2D eigenvalue weighted by atomic mass is 35.5. The molecule has 4 rings (SSSR count). The van der Waals surface area contributed by atoms with Gasteiger partial charge in [-0.15, -0.1) is 0 Å². The zero-order valence-corrected chi connectivity index (χ0v) is 21.5. The zero-order chi connectivity index (χ0) is 29.0. The number of ether oxygens (including phenoxy) is 2. The quantitative estimate of drug-likeness (QED) is 0.279. The lowest BCUT2D eigenvalue weighted by Crippen LogP contribution is -2.30. The Morgan fingerprint density at radius 3 is 2.58 bits per heavy atom. The van der Waals surface area contributed by atoms with Gasteiger partial charge in [0.2, 0.25) is 5.75 Å². The molecule has 4 aromatic rings. The van der Waals surface area contributed by atoms with Crippen molar-refractivity contribution in [3.63, 3.8) is 0 Å². The molecule has 0 unspecified atom stereocenters. The van der Waals surface area contributed by atoms with Crippen molar-refractivity contribution in [2.75, 3.05) is 0 Å². The molecule has 2 aromatic carbocycles. The van der Waals surface area contributed by atoms with E-state index in [0.29, 0.717) is 5.56 Å². The fourth-order valence-electron chi connectivity index (χ4n) is 3.41. The second kappa shape index (κ2) is 11.5. The number of allylic oxidation sites excluding steroid dienone is 1. The third kappa shape index (κ3) is 6.22. The Balaban J connectivity index is 1.66. The van der Waals surface area contributed by atoms with Gasteiger partial charge < -0.3 is 9.47 Å². The molecule has 0 bridgehead atoms. The van der Waals surface area contributed by atoms with Gasteiger partial charge in [0.05, 0.1) is 30.1 Å². The maximum atomic E-state index is 15.0. The van der Waals surface area contributed by atoms with Crippen molar-refractivity contribution in [1.82, 2.24) is 19.5 Å². The fourth-order valence-corrected chi connectivity index (χ4v) is 3.64. The maximum Gasteiger partial charge on any atom is 0.314 e. The van der Waals surface area contributed by atoms with Crippen molar-refractivity contribution in [2.45, 2.75) is 26.0 Å². The standard InChI is InChI=1S/C27H19ClF3N5O4/c1-15(2)27(30,31)23-22(40-21-8-17(10-32)7-19(28)9-21)25(38)36(14-34-23)12-18-11-33-26(35-24(18)37)39-13-16-3-5-20(29)6-4-16/h3-9,11,14H,1,12-13H2,2H3,(H,33,35,37). The first-order chi connectivity index (χ1) is 19.0. The number of benzene rings is 2. The van der Waals surface area contributed by atoms with E-state index in [1.54, 1.807) is 0 Å². The van der Waals surface area contributed by atoms with Crippen LogP contribution in [-0.4, -0.2) is 19.5 Å². The fraction of sp³-hybridized carbons (Fsp3) is 0.148. The van der Waals surface area contributed by atoms with Crippen LogP contribution in [0.5, 0.6) is 17.5 Å². The third-order valence-electron chi connectivity index (χ3n) is 5.53. The van der Waals surface area contributed by atoms with E-state index in [1.165, 1.54) is 42.5 Å². The van der Waals surface area contributed by atoms with Gasteiger partial charge in [0.15, 0.2) is 5.69 Å². The number of nitriles is 1. The number of hydrogen-bond donors (Lipinski definition) is 1. The van der Waals surface area contributed by atoms with Crippen molar-refractivity contribution in [3.05, 3.63) is 121 Å². The summed E-state index contributed by atoms with van der Waals surface area (Å²) in [5, 5.41) is 9.26. The van der Waals surface area contributed by atoms with Crippen LogP contribution >= 0.6 is 11.6 Å². The Bertz CT molecular complexity index is 1750. The van der Waals surface area contributed by atoms with Gasteiger partial charge >= 0.3 is 5.92 Å². The first kappa shape index (κ1) is 28.1. The molecule has 0 aliphatic carbocycles. The number of H-pyrrole nitrogens is 1. The summed E-state index contributed by atoms with van der Waals surface area (Å²) in [6, 6.07) is 11.0. The molecule has 0 saturated heterocycles. The predicted octanol–water partition coefficient (Wildman–Crippen LogP) is 5.08. The summed E-state index contributed by atoms with van der Waals surface area (Å²) in [6.07, 6.45) is 2.00. The molecule has 9 nitrogen and oxygen atoms in total. The molecule has 204 valence electrons. The van der Waals surface area contributed by atoms with E-state index in [4.69, 9.17) is 21.1 Å². The largest absolute Gasteiger partial charge is 0.460 e. The predicted molar refractivity (Wildman–Crippen MR) is 138 cm³/mol. The molecule has 1 N–H and O–H groups in total. The van der Waals surface area contributed by atoms with Gasteiger partial charge in [-0.3, -0.25) is 19.1 Å². The van der Waals surface area contributed by atoms with Crippen LogP contribution in [0.3, 0.4) is 0 Å². The number of halogens is 4. The van der Waals surface area contributed by atoms with Gasteiger partial charge in [0.1, 0.15) is 18.2 Å². The minimum atomic E-state index is -3.74. The van der Waals surface area contributed by atoms with Crippen LogP contribution in [0.4, 0.5) is 13.2 Å². The van der Waals surface area contributed by atoms with E-state index in [9.17, 15) is 28.0 Å². The number of hydrogen-bond acceptors (Lipinski definition) is 7. The lowest BCUT2D eigenvalue weighted by atomic mass is 10.1. The topological polar surface area (TPSA) is 123 Å². The lowest BCUT2D eigenvalue weighted by Gasteiger charge is -2.20. The molecule has 13 heteroatoms. The van der Waals surface area contributed by atoms with Crippen molar-refractivity contribution < 1.29 is 22.6 Å². The minimum Gasteiger partial charge on any atom is -0.460 e. The van der Waals surface area contributed by atoms with Gasteiger partial charge in [-0.25, -0.2) is 14.4 Å². The average Bonchev–Trinajstić information content (AvgIpc) is 2.91. The summed E-state index contributed by atoms with van der Waals surface area (Å²) in [5.74, 6) is -5.15. The molecular formula is C27H19ClF3N5O4. The van der Waals surface area contributed by atoms with Crippen LogP contribution in [-0.2, 0) is 19.1 Å². The average molecular weight is 570 g/mol. The summed E-state index contributed by atoms with van der Waals surface area (Å²) >= 11 is 5.98. The molecule has 0 saturated carbocycles. The third-order valence-corrected chi connectivity index (χ3v) is 5.75. The van der Waals surface area contributed by atoms with E-state index in [-0.39, 0.29) is 34.5 Å². The van der Waals surface area contributed by atoms with Crippen LogP contribution in [0.25, 0.3) is 0 Å². The first-order valence-electron chi connectivity index (χ1n) is 11.5. The summed E-state index contributed by atoms with van der Waals surface area (Å²) in [4.78, 5) is 36.1. The van der Waals surface area contributed by atoms with Gasteiger partial charge in [-0.1, -0.05) is 30.3 Å². The van der Waals surface area contributed by atoms with Crippen LogP contribution in [0.1, 0.15) is 29.3 Å². The monoisotopic (exact) mass is 569 g/mol. The molecular weight excluding hydrogens is 551 g/mol. The number of nitrogens with one attached hydrogen (secondary N) is 1. The van der Waals surface area contributed by atoms with E-state index >= 15 is 0 Å². The van der Waals surface area contributed by atoms with Gasteiger partial charge in [-0.2, -0.15) is 14.0 Å². The van der Waals surface area contributed by atoms with E-state index in [0.717, 1.165) is 24.0 Å². The van der Waals surface area contributed by atoms with Crippen LogP contribution in [0.2, 0.25) is 5.02 Å². The highest BCUT2D eigenvalue weighted by Crippen LogP contribution is 2.38. The Hall–Kier alpha value is -4.89. The highest BCUT2D eigenvalue weighted by Gasteiger charge is 2.39. The van der Waals surface area contributed by atoms with Gasteiger partial charge in [0.25, 0.3) is 17.1 Å². The van der Waals surface area contributed by atoms with Gasteiger partial charge in [-0.05, 0) is 48.4 Å². The van der Waals surface area contributed by atoms with Crippen molar-refractivity contribution in [3.8, 4) is 23.6 Å². The lowest BCUT2D eigenvalue weighted by molar-refractivity contribution is 0.0309. The number of rotatable bonds is 9. The first-order valence-corrected chi connectivity index (χ1v) is 11.8. The Kier molecular flexibility index (Phi) is 8.06. The normalized spacial score (nSPS) is 11.1. The summed E-state index contributed by atoms with van der Waals surface area (Å²) < 4.78 is 54.8. The van der Waals surface area contributed by atoms with E-state index < -0.39 is 46.4 Å². The summed E-state index contributed by atoms with van der Waals surface area (Å²) in [6.45, 7) is 3.93. The maximum absolute atomic E-state index is 15.0. The second-order valence-electron chi connectivity index (χ2n) is 8.56. The SMILES string of the molecule is C=C(C)C(F)(F)c1ncn(Cc2cnc(OCc3ccc(F)cc3)[nH]c2=O)c(=O)c1Oc1cc(Cl)cc(C#N)c1. The molecule has 0 spiro atoms. The van der Waals surface area contributed by atoms with Crippen LogP contribution in [0.15, 0.2) is 76.7 Å². The summed E-state index contributed by atoms with van der Waals surface area (Å²) in [7, 11) is 0. The molecule has 0 aliphatic heterocycles. The highest BCUT2D eigenvalue weighted by molar-refractivity contribution is 6.30. The second-order valence-corrected chi connectivity index (χ2v) is 8.99. The van der Waals surface area contributed by atoms with E-state index in [1.807, 2.05) is 6.07 Å². The molecule has 0 fully saturated rings. The van der Waals surface area contributed by atoms with Gasteiger partial charge in [0, 0.05) is 11.2 Å².